The van der Waals surface area contributed by atoms with Crippen molar-refractivity contribution in [2.24, 2.45) is 5.92 Å². The zero-order chi connectivity index (χ0) is 18.0. The Morgan fingerprint density at radius 2 is 1.52 bits per heavy atom. The number of carbonyl (C=O) groups is 1. The Bertz CT molecular complexity index is 851. The van der Waals surface area contributed by atoms with Crippen molar-refractivity contribution in [2.75, 3.05) is 20.8 Å². The van der Waals surface area contributed by atoms with Gasteiger partial charge in [-0.05, 0) is 24.3 Å². The minimum atomic E-state index is -0.0154. The second-order valence-corrected chi connectivity index (χ2v) is 6.36. The maximum absolute atomic E-state index is 11.8. The van der Waals surface area contributed by atoms with Crippen molar-refractivity contribution in [3.63, 3.8) is 0 Å². The van der Waals surface area contributed by atoms with Gasteiger partial charge in [0.1, 0.15) is 11.5 Å². The number of aromatic nitrogens is 1. The maximum Gasteiger partial charge on any atom is 0.222 e. The van der Waals surface area contributed by atoms with Crippen LogP contribution in [0.2, 0.25) is 0 Å². The molecule has 0 aliphatic rings. The Balaban J connectivity index is 2.06. The normalized spacial score (nSPS) is 11.2. The minimum absolute atomic E-state index is 0.0154. The third-order valence-electron chi connectivity index (χ3n) is 4.44. The van der Waals surface area contributed by atoms with Gasteiger partial charge < -0.3 is 19.4 Å². The van der Waals surface area contributed by atoms with E-state index in [2.05, 4.69) is 22.0 Å². The topological polar surface area (TPSA) is 52.5 Å². The zero-order valence-corrected chi connectivity index (χ0v) is 15.1. The third-order valence-corrected chi connectivity index (χ3v) is 4.44. The van der Waals surface area contributed by atoms with E-state index in [0.717, 1.165) is 33.3 Å². The predicted octanol–water partition coefficient (Wildman–Crippen LogP) is 3.58. The molecule has 1 amide bonds. The fourth-order valence-corrected chi connectivity index (χ4v) is 3.04. The lowest BCUT2D eigenvalue weighted by Gasteiger charge is -2.11. The van der Waals surface area contributed by atoms with E-state index in [1.165, 1.54) is 0 Å². The first-order valence-electron chi connectivity index (χ1n) is 8.47. The van der Waals surface area contributed by atoms with Crippen LogP contribution in [0.4, 0.5) is 0 Å². The van der Waals surface area contributed by atoms with Crippen LogP contribution in [0.3, 0.4) is 0 Å². The number of nitrogens with one attached hydrogen (secondary N) is 1. The SMILES string of the molecule is COc1ccc2c3ccc(OC)cc3n(CCNC(=O)C(C)C)c2c1. The number of methoxy groups -OCH3 is 2. The second-order valence-electron chi connectivity index (χ2n) is 6.36. The van der Waals surface area contributed by atoms with Gasteiger partial charge in [-0.2, -0.15) is 0 Å². The van der Waals surface area contributed by atoms with Gasteiger partial charge in [-0.15, -0.1) is 0 Å². The fraction of sp³-hybridized carbons (Fsp3) is 0.350. The fourth-order valence-electron chi connectivity index (χ4n) is 3.04. The molecule has 3 rings (SSSR count). The highest BCUT2D eigenvalue weighted by Gasteiger charge is 2.13. The monoisotopic (exact) mass is 340 g/mol. The van der Waals surface area contributed by atoms with E-state index in [0.29, 0.717) is 13.1 Å². The maximum atomic E-state index is 11.8. The van der Waals surface area contributed by atoms with Gasteiger partial charge >= 0.3 is 0 Å². The van der Waals surface area contributed by atoms with Gasteiger partial charge in [-0.25, -0.2) is 0 Å². The van der Waals surface area contributed by atoms with E-state index in [9.17, 15) is 4.79 Å². The Hall–Kier alpha value is -2.69. The summed E-state index contributed by atoms with van der Waals surface area (Å²) in [6.45, 7) is 5.04. The van der Waals surface area contributed by atoms with Gasteiger partial charge in [0.15, 0.2) is 0 Å². The summed E-state index contributed by atoms with van der Waals surface area (Å²) in [6.07, 6.45) is 0. The Morgan fingerprint density at radius 3 is 1.96 bits per heavy atom. The van der Waals surface area contributed by atoms with Crippen molar-refractivity contribution in [2.45, 2.75) is 20.4 Å². The molecular weight excluding hydrogens is 316 g/mol. The number of amides is 1. The number of ether oxygens (including phenoxy) is 2. The van der Waals surface area contributed by atoms with Crippen LogP contribution in [0, 0.1) is 5.92 Å². The number of benzene rings is 2. The van der Waals surface area contributed by atoms with Crippen molar-refractivity contribution < 1.29 is 14.3 Å². The molecule has 132 valence electrons. The summed E-state index contributed by atoms with van der Waals surface area (Å²) in [7, 11) is 3.33. The number of fused-ring (bicyclic) bond motifs is 3. The first-order chi connectivity index (χ1) is 12.0. The van der Waals surface area contributed by atoms with E-state index in [4.69, 9.17) is 9.47 Å². The van der Waals surface area contributed by atoms with Crippen molar-refractivity contribution in [3.8, 4) is 11.5 Å². The molecule has 0 aliphatic heterocycles. The number of rotatable bonds is 6. The molecule has 0 saturated carbocycles. The van der Waals surface area contributed by atoms with Crippen LogP contribution in [0.25, 0.3) is 21.8 Å². The molecule has 5 heteroatoms. The molecule has 0 fully saturated rings. The summed E-state index contributed by atoms with van der Waals surface area (Å²) in [5.41, 5.74) is 2.17. The zero-order valence-electron chi connectivity index (χ0n) is 15.1. The molecule has 0 bridgehead atoms. The van der Waals surface area contributed by atoms with Crippen LogP contribution < -0.4 is 14.8 Å². The number of nitrogens with zero attached hydrogens (tertiary/aromatic N) is 1. The quantitative estimate of drug-likeness (QED) is 0.746. The summed E-state index contributed by atoms with van der Waals surface area (Å²) in [5, 5.41) is 5.31. The lowest BCUT2D eigenvalue weighted by molar-refractivity contribution is -0.123. The molecule has 0 atom stereocenters. The molecule has 0 spiro atoms. The van der Waals surface area contributed by atoms with E-state index >= 15 is 0 Å². The summed E-state index contributed by atoms with van der Waals surface area (Å²) in [4.78, 5) is 11.8. The molecule has 1 heterocycles. The van der Waals surface area contributed by atoms with Crippen molar-refractivity contribution in [1.29, 1.82) is 0 Å². The first-order valence-corrected chi connectivity index (χ1v) is 8.47. The van der Waals surface area contributed by atoms with E-state index in [-0.39, 0.29) is 11.8 Å². The van der Waals surface area contributed by atoms with Crippen molar-refractivity contribution in [1.82, 2.24) is 9.88 Å². The van der Waals surface area contributed by atoms with Crippen LogP contribution in [0.15, 0.2) is 36.4 Å². The van der Waals surface area contributed by atoms with E-state index in [1.54, 1.807) is 14.2 Å². The predicted molar refractivity (Wildman–Crippen MR) is 100 cm³/mol. The Kier molecular flexibility index (Phi) is 4.83. The highest BCUT2D eigenvalue weighted by atomic mass is 16.5. The summed E-state index contributed by atoms with van der Waals surface area (Å²) in [5.74, 6) is 1.68. The van der Waals surface area contributed by atoms with Crippen LogP contribution in [-0.2, 0) is 11.3 Å². The molecule has 0 radical (unpaired) electrons. The molecule has 5 nitrogen and oxygen atoms in total. The van der Waals surface area contributed by atoms with Gasteiger partial charge in [0.25, 0.3) is 0 Å². The van der Waals surface area contributed by atoms with Crippen molar-refractivity contribution >= 4 is 27.7 Å². The van der Waals surface area contributed by atoms with Crippen LogP contribution >= 0.6 is 0 Å². The largest absolute Gasteiger partial charge is 0.497 e. The molecule has 25 heavy (non-hydrogen) atoms. The number of carbonyl (C=O) groups excluding carboxylic acids is 1. The standard InChI is InChI=1S/C20H24N2O3/c1-13(2)20(23)21-9-10-22-18-11-14(24-3)5-7-16(18)17-8-6-15(25-4)12-19(17)22/h5-8,11-13H,9-10H2,1-4H3,(H,21,23). The summed E-state index contributed by atoms with van der Waals surface area (Å²) in [6, 6.07) is 12.2. The third kappa shape index (κ3) is 3.27. The Labute approximate surface area is 147 Å². The molecule has 1 N–H and O–H groups in total. The van der Waals surface area contributed by atoms with Gasteiger partial charge in [0.05, 0.1) is 25.3 Å². The molecule has 3 aromatic rings. The van der Waals surface area contributed by atoms with E-state index in [1.807, 2.05) is 38.1 Å². The highest BCUT2D eigenvalue weighted by Crippen LogP contribution is 2.33. The van der Waals surface area contributed by atoms with Crippen LogP contribution in [-0.4, -0.2) is 31.2 Å². The lowest BCUT2D eigenvalue weighted by atomic mass is 10.1. The van der Waals surface area contributed by atoms with E-state index < -0.39 is 0 Å². The minimum Gasteiger partial charge on any atom is -0.497 e. The number of hydrogen-bond donors (Lipinski definition) is 1. The summed E-state index contributed by atoms with van der Waals surface area (Å²) < 4.78 is 13.0. The first kappa shape index (κ1) is 17.1. The van der Waals surface area contributed by atoms with Gasteiger partial charge in [0.2, 0.25) is 5.91 Å². The highest BCUT2D eigenvalue weighted by molar-refractivity contribution is 6.08. The molecule has 0 aliphatic carbocycles. The van der Waals surface area contributed by atoms with Gasteiger partial charge in [-0.1, -0.05) is 13.8 Å². The Morgan fingerprint density at radius 1 is 1.00 bits per heavy atom. The molecule has 0 unspecified atom stereocenters. The second kappa shape index (κ2) is 7.05. The van der Waals surface area contributed by atoms with Crippen LogP contribution in [0.5, 0.6) is 11.5 Å². The average molecular weight is 340 g/mol. The van der Waals surface area contributed by atoms with Gasteiger partial charge in [-0.3, -0.25) is 4.79 Å². The van der Waals surface area contributed by atoms with Gasteiger partial charge in [0, 0.05) is 41.9 Å². The van der Waals surface area contributed by atoms with Crippen molar-refractivity contribution in [3.05, 3.63) is 36.4 Å². The number of hydrogen-bond acceptors (Lipinski definition) is 3. The molecular formula is C20H24N2O3. The lowest BCUT2D eigenvalue weighted by Crippen LogP contribution is -2.30. The molecule has 0 saturated heterocycles. The van der Waals surface area contributed by atoms with Crippen LogP contribution in [0.1, 0.15) is 13.8 Å². The molecule has 2 aromatic carbocycles. The smallest absolute Gasteiger partial charge is 0.222 e. The average Bonchev–Trinajstić information content (AvgIpc) is 2.93. The molecule has 1 aromatic heterocycles. The summed E-state index contributed by atoms with van der Waals surface area (Å²) >= 11 is 0.